The minimum Gasteiger partial charge on any atom is -0.367 e. The van der Waals surface area contributed by atoms with Crippen LogP contribution >= 0.6 is 0 Å². The lowest BCUT2D eigenvalue weighted by atomic mass is 9.91. The second-order valence-corrected chi connectivity index (χ2v) is 5.86. The monoisotopic (exact) mass is 261 g/mol. The maximum atomic E-state index is 5.97. The van der Waals surface area contributed by atoms with Crippen molar-refractivity contribution < 1.29 is 0 Å². The molecule has 2 saturated carbocycles. The molecule has 0 unspecified atom stereocenters. The highest BCUT2D eigenvalue weighted by atomic mass is 15.2. The predicted molar refractivity (Wildman–Crippen MR) is 77.3 cm³/mol. The zero-order valence-corrected chi connectivity index (χ0v) is 11.5. The Labute approximate surface area is 114 Å². The minimum absolute atomic E-state index is 0.391. The van der Waals surface area contributed by atoms with Gasteiger partial charge in [0, 0.05) is 31.2 Å². The zero-order chi connectivity index (χ0) is 13.2. The van der Waals surface area contributed by atoms with Crippen LogP contribution in [0.15, 0.2) is 12.4 Å². The highest BCUT2D eigenvalue weighted by molar-refractivity contribution is 5.49. The van der Waals surface area contributed by atoms with Gasteiger partial charge in [-0.2, -0.15) is 0 Å². The summed E-state index contributed by atoms with van der Waals surface area (Å²) in [4.78, 5) is 11.0. The molecular weight excluding hydrogens is 238 g/mol. The maximum Gasteiger partial charge on any atom is 0.134 e. The van der Waals surface area contributed by atoms with Crippen molar-refractivity contribution >= 4 is 11.6 Å². The molecule has 0 saturated heterocycles. The smallest absolute Gasteiger partial charge is 0.134 e. The van der Waals surface area contributed by atoms with E-state index >= 15 is 0 Å². The van der Waals surface area contributed by atoms with Gasteiger partial charge in [-0.25, -0.2) is 9.97 Å². The summed E-state index contributed by atoms with van der Waals surface area (Å²) in [6.07, 6.45) is 8.73. The van der Waals surface area contributed by atoms with Gasteiger partial charge in [0.25, 0.3) is 0 Å². The van der Waals surface area contributed by atoms with Crippen LogP contribution in [0.4, 0.5) is 11.6 Å². The SMILES string of the molecule is CN(c1cc(NC2CC2)ncn1)C1CCC(N)CC1. The van der Waals surface area contributed by atoms with Gasteiger partial charge < -0.3 is 16.0 Å². The lowest BCUT2D eigenvalue weighted by Gasteiger charge is -2.34. The third-order valence-corrected chi connectivity index (χ3v) is 4.23. The number of nitrogens with two attached hydrogens (primary N) is 1. The molecule has 2 aliphatic carbocycles. The van der Waals surface area contributed by atoms with Crippen LogP contribution in [0.3, 0.4) is 0 Å². The van der Waals surface area contributed by atoms with Gasteiger partial charge in [-0.1, -0.05) is 0 Å². The molecular formula is C14H23N5. The first kappa shape index (κ1) is 12.7. The first-order valence-corrected chi connectivity index (χ1v) is 7.29. The molecule has 3 rings (SSSR count). The van der Waals surface area contributed by atoms with Crippen molar-refractivity contribution in [1.29, 1.82) is 0 Å². The quantitative estimate of drug-likeness (QED) is 0.864. The van der Waals surface area contributed by atoms with Gasteiger partial charge in [0.1, 0.15) is 18.0 Å². The van der Waals surface area contributed by atoms with Gasteiger partial charge in [-0.05, 0) is 38.5 Å². The first-order valence-electron chi connectivity index (χ1n) is 7.29. The van der Waals surface area contributed by atoms with E-state index in [-0.39, 0.29) is 0 Å². The molecule has 0 amide bonds. The summed E-state index contributed by atoms with van der Waals surface area (Å²) >= 11 is 0. The summed E-state index contributed by atoms with van der Waals surface area (Å²) in [6.45, 7) is 0. The van der Waals surface area contributed by atoms with Gasteiger partial charge in [-0.15, -0.1) is 0 Å². The summed E-state index contributed by atoms with van der Waals surface area (Å²) in [5.41, 5.74) is 5.97. The van der Waals surface area contributed by atoms with Crippen molar-refractivity contribution in [2.45, 2.75) is 56.7 Å². The van der Waals surface area contributed by atoms with Crippen LogP contribution in [0.1, 0.15) is 38.5 Å². The maximum absolute atomic E-state index is 5.97. The Morgan fingerprint density at radius 1 is 1.16 bits per heavy atom. The summed E-state index contributed by atoms with van der Waals surface area (Å²) in [5, 5.41) is 3.42. The molecule has 2 fully saturated rings. The van der Waals surface area contributed by atoms with Gasteiger partial charge in [0.05, 0.1) is 0 Å². The molecule has 0 atom stereocenters. The summed E-state index contributed by atoms with van der Waals surface area (Å²) < 4.78 is 0. The number of hydrogen-bond acceptors (Lipinski definition) is 5. The second kappa shape index (κ2) is 5.33. The molecule has 5 heteroatoms. The standard InChI is InChI=1S/C14H23N5/c1-19(12-6-2-10(15)3-7-12)14-8-13(16-9-17-14)18-11-4-5-11/h8-12H,2-7,15H2,1H3,(H,16,17,18). The highest BCUT2D eigenvalue weighted by Gasteiger charge is 2.24. The number of hydrogen-bond donors (Lipinski definition) is 2. The molecule has 19 heavy (non-hydrogen) atoms. The molecule has 1 heterocycles. The van der Waals surface area contributed by atoms with Crippen molar-refractivity contribution in [3.05, 3.63) is 12.4 Å². The average Bonchev–Trinajstić information content (AvgIpc) is 3.23. The number of nitrogens with zero attached hydrogens (tertiary/aromatic N) is 3. The molecule has 0 aromatic carbocycles. The van der Waals surface area contributed by atoms with Crippen LogP contribution < -0.4 is 16.0 Å². The number of aromatic nitrogens is 2. The van der Waals surface area contributed by atoms with Gasteiger partial charge in [0.15, 0.2) is 0 Å². The van der Waals surface area contributed by atoms with E-state index in [0.29, 0.717) is 18.1 Å². The van der Waals surface area contributed by atoms with Gasteiger partial charge in [-0.3, -0.25) is 0 Å². The normalized spacial score (nSPS) is 27.1. The lowest BCUT2D eigenvalue weighted by Crippen LogP contribution is -2.39. The molecule has 1 aromatic heterocycles. The fourth-order valence-corrected chi connectivity index (χ4v) is 2.73. The number of nitrogens with one attached hydrogen (secondary N) is 1. The Kier molecular flexibility index (Phi) is 3.55. The first-order chi connectivity index (χ1) is 9.22. The largest absolute Gasteiger partial charge is 0.367 e. The number of anilines is 2. The summed E-state index contributed by atoms with van der Waals surface area (Å²) in [6, 6.07) is 3.64. The van der Waals surface area contributed by atoms with Crippen molar-refractivity contribution in [2.75, 3.05) is 17.3 Å². The molecule has 1 aromatic rings. The van der Waals surface area contributed by atoms with Crippen molar-refractivity contribution in [2.24, 2.45) is 5.73 Å². The predicted octanol–water partition coefficient (Wildman–Crippen LogP) is 1.76. The van der Waals surface area contributed by atoms with E-state index in [1.165, 1.54) is 12.8 Å². The zero-order valence-electron chi connectivity index (χ0n) is 11.5. The van der Waals surface area contributed by atoms with E-state index in [1.54, 1.807) is 6.33 Å². The van der Waals surface area contributed by atoms with Crippen LogP contribution in [0.2, 0.25) is 0 Å². The van der Waals surface area contributed by atoms with E-state index in [4.69, 9.17) is 5.73 Å². The Hall–Kier alpha value is -1.36. The molecule has 5 nitrogen and oxygen atoms in total. The Bertz CT molecular complexity index is 424. The fourth-order valence-electron chi connectivity index (χ4n) is 2.73. The Morgan fingerprint density at radius 3 is 2.58 bits per heavy atom. The molecule has 0 bridgehead atoms. The molecule has 0 aliphatic heterocycles. The van der Waals surface area contributed by atoms with Crippen LogP contribution in [0, 0.1) is 0 Å². The van der Waals surface area contributed by atoms with Crippen LogP contribution in [0.5, 0.6) is 0 Å². The van der Waals surface area contributed by atoms with Crippen LogP contribution in [-0.4, -0.2) is 35.1 Å². The van der Waals surface area contributed by atoms with Crippen LogP contribution in [0.25, 0.3) is 0 Å². The summed E-state index contributed by atoms with van der Waals surface area (Å²) in [5.74, 6) is 1.96. The van der Waals surface area contributed by atoms with E-state index in [2.05, 4.69) is 33.3 Å². The molecule has 0 radical (unpaired) electrons. The van der Waals surface area contributed by atoms with E-state index in [9.17, 15) is 0 Å². The molecule has 2 aliphatic rings. The third kappa shape index (κ3) is 3.15. The number of rotatable bonds is 4. The van der Waals surface area contributed by atoms with Gasteiger partial charge >= 0.3 is 0 Å². The van der Waals surface area contributed by atoms with Gasteiger partial charge in [0.2, 0.25) is 0 Å². The van der Waals surface area contributed by atoms with Crippen molar-refractivity contribution in [1.82, 2.24) is 9.97 Å². The minimum atomic E-state index is 0.391. The second-order valence-electron chi connectivity index (χ2n) is 5.86. The fraction of sp³-hybridized carbons (Fsp3) is 0.714. The van der Waals surface area contributed by atoms with E-state index in [0.717, 1.165) is 37.3 Å². The highest BCUT2D eigenvalue weighted by Crippen LogP contribution is 2.27. The van der Waals surface area contributed by atoms with Crippen molar-refractivity contribution in [3.63, 3.8) is 0 Å². The molecule has 3 N–H and O–H groups in total. The van der Waals surface area contributed by atoms with Crippen molar-refractivity contribution in [3.8, 4) is 0 Å². The summed E-state index contributed by atoms with van der Waals surface area (Å²) in [7, 11) is 2.13. The topological polar surface area (TPSA) is 67.1 Å². The molecule has 104 valence electrons. The van der Waals surface area contributed by atoms with E-state index in [1.807, 2.05) is 0 Å². The lowest BCUT2D eigenvalue weighted by molar-refractivity contribution is 0.384. The Morgan fingerprint density at radius 2 is 1.89 bits per heavy atom. The third-order valence-electron chi connectivity index (χ3n) is 4.23. The molecule has 0 spiro atoms. The Balaban J connectivity index is 1.66. The van der Waals surface area contributed by atoms with E-state index < -0.39 is 0 Å². The van der Waals surface area contributed by atoms with Crippen LogP contribution in [-0.2, 0) is 0 Å². The average molecular weight is 261 g/mol.